The maximum atomic E-state index is 12.3. The lowest BCUT2D eigenvalue weighted by atomic mass is 9.73. The topological polar surface area (TPSA) is 26.3 Å². The van der Waals surface area contributed by atoms with Gasteiger partial charge in [0, 0.05) is 5.92 Å². The van der Waals surface area contributed by atoms with Crippen molar-refractivity contribution < 1.29 is 9.53 Å². The number of carbonyl (C=O) groups is 1. The molecule has 0 saturated carbocycles. The van der Waals surface area contributed by atoms with Gasteiger partial charge in [0.2, 0.25) is 0 Å². The molecule has 0 aromatic carbocycles. The molecule has 3 atom stereocenters. The number of cyclic esters (lactones) is 1. The molecule has 1 saturated heterocycles. The molecular weight excluding hydrogens is 272 g/mol. The highest BCUT2D eigenvalue weighted by atomic mass is 16.5. The lowest BCUT2D eigenvalue weighted by Crippen LogP contribution is -2.39. The second-order valence-corrected chi connectivity index (χ2v) is 6.84. The molecule has 1 aliphatic carbocycles. The van der Waals surface area contributed by atoms with Crippen molar-refractivity contribution in [2.75, 3.05) is 6.61 Å². The zero-order valence-corrected chi connectivity index (χ0v) is 14.1. The van der Waals surface area contributed by atoms with Crippen LogP contribution in [0.1, 0.15) is 46.5 Å². The van der Waals surface area contributed by atoms with Crippen LogP contribution in [-0.4, -0.2) is 12.6 Å². The molecule has 0 amide bonds. The van der Waals surface area contributed by atoms with E-state index < -0.39 is 0 Å². The van der Waals surface area contributed by atoms with Gasteiger partial charge >= 0.3 is 5.97 Å². The van der Waals surface area contributed by atoms with Crippen molar-refractivity contribution in [1.82, 2.24) is 0 Å². The minimum atomic E-state index is -0.142. The summed E-state index contributed by atoms with van der Waals surface area (Å²) in [6.07, 6.45) is 12.5. The summed E-state index contributed by atoms with van der Waals surface area (Å²) in [5, 5.41) is 0. The number of ether oxygens (including phenoxy) is 1. The van der Waals surface area contributed by atoms with Crippen LogP contribution >= 0.6 is 0 Å². The molecule has 2 aliphatic rings. The van der Waals surface area contributed by atoms with Gasteiger partial charge < -0.3 is 4.74 Å². The van der Waals surface area contributed by atoms with Gasteiger partial charge in [0.1, 0.15) is 0 Å². The zero-order valence-electron chi connectivity index (χ0n) is 14.1. The van der Waals surface area contributed by atoms with Gasteiger partial charge in [0.05, 0.1) is 12.5 Å². The normalized spacial score (nSPS) is 32.1. The third kappa shape index (κ3) is 4.22. The van der Waals surface area contributed by atoms with Crippen LogP contribution in [0.15, 0.2) is 47.6 Å². The number of hydrogen-bond acceptors (Lipinski definition) is 2. The molecule has 2 rings (SSSR count). The van der Waals surface area contributed by atoms with E-state index in [1.165, 1.54) is 16.7 Å². The molecule has 1 fully saturated rings. The summed E-state index contributed by atoms with van der Waals surface area (Å²) in [7, 11) is 0. The van der Waals surface area contributed by atoms with E-state index in [0.717, 1.165) is 25.7 Å². The van der Waals surface area contributed by atoms with Crippen LogP contribution in [0, 0.1) is 17.8 Å². The molecule has 0 bridgehead atoms. The molecule has 22 heavy (non-hydrogen) atoms. The van der Waals surface area contributed by atoms with Crippen LogP contribution in [0.4, 0.5) is 0 Å². The van der Waals surface area contributed by atoms with Gasteiger partial charge in [0.15, 0.2) is 0 Å². The van der Waals surface area contributed by atoms with Crippen LogP contribution in [0.5, 0.6) is 0 Å². The summed E-state index contributed by atoms with van der Waals surface area (Å²) < 4.78 is 5.46. The van der Waals surface area contributed by atoms with Crippen LogP contribution < -0.4 is 0 Å². The first kappa shape index (κ1) is 16.8. The summed E-state index contributed by atoms with van der Waals surface area (Å²) in [4.78, 5) is 12.3. The largest absolute Gasteiger partial charge is 0.465 e. The van der Waals surface area contributed by atoms with Gasteiger partial charge in [-0.3, -0.25) is 4.79 Å². The molecule has 120 valence electrons. The third-order valence-electron chi connectivity index (χ3n) is 4.76. The molecule has 1 heterocycles. The molecule has 0 aromatic heterocycles. The van der Waals surface area contributed by atoms with E-state index in [0.29, 0.717) is 18.4 Å². The Hall–Kier alpha value is -1.57. The Morgan fingerprint density at radius 2 is 2.14 bits per heavy atom. The number of allylic oxidation sites excluding steroid dienone is 5. The summed E-state index contributed by atoms with van der Waals surface area (Å²) in [6, 6.07) is 0. The fraction of sp³-hybridized carbons (Fsp3) is 0.550. The maximum Gasteiger partial charge on any atom is 0.313 e. The molecule has 0 radical (unpaired) electrons. The number of carbonyl (C=O) groups excluding carboxylic acids is 1. The highest BCUT2D eigenvalue weighted by Crippen LogP contribution is 2.39. The van der Waals surface area contributed by atoms with Crippen molar-refractivity contribution in [3.05, 3.63) is 47.6 Å². The fourth-order valence-electron chi connectivity index (χ4n) is 3.39. The Bertz CT molecular complexity index is 518. The Morgan fingerprint density at radius 1 is 1.36 bits per heavy atom. The Balaban J connectivity index is 2.24. The standard InChI is InChI=1S/C20H28O2/c1-14(2)7-5-10-18-17-12-11-15(3)8-6-9-16(4)19(17)13-22-20(18)21/h5,7-8,10,17-19H,4,6,9,11-13H2,1-3H3/b10-5+,15-8+/t17-,18-,19+/m1/s1. The Morgan fingerprint density at radius 3 is 2.86 bits per heavy atom. The molecule has 2 nitrogen and oxygen atoms in total. The maximum absolute atomic E-state index is 12.3. The average molecular weight is 300 g/mol. The quantitative estimate of drug-likeness (QED) is 0.408. The van der Waals surface area contributed by atoms with Gasteiger partial charge in [0.25, 0.3) is 0 Å². The lowest BCUT2D eigenvalue weighted by Gasteiger charge is -2.36. The smallest absolute Gasteiger partial charge is 0.313 e. The van der Waals surface area contributed by atoms with Crippen LogP contribution in [-0.2, 0) is 9.53 Å². The van der Waals surface area contributed by atoms with Crippen molar-refractivity contribution >= 4 is 5.97 Å². The first-order valence-corrected chi connectivity index (χ1v) is 8.30. The van der Waals surface area contributed by atoms with Gasteiger partial charge in [-0.15, -0.1) is 0 Å². The second-order valence-electron chi connectivity index (χ2n) is 6.84. The predicted molar refractivity (Wildman–Crippen MR) is 91.4 cm³/mol. The van der Waals surface area contributed by atoms with E-state index in [9.17, 15) is 4.79 Å². The third-order valence-corrected chi connectivity index (χ3v) is 4.76. The Kier molecular flexibility index (Phi) is 5.82. The van der Waals surface area contributed by atoms with Crippen LogP contribution in [0.3, 0.4) is 0 Å². The monoisotopic (exact) mass is 300 g/mol. The van der Waals surface area contributed by atoms with E-state index in [2.05, 4.69) is 33.4 Å². The van der Waals surface area contributed by atoms with E-state index >= 15 is 0 Å². The lowest BCUT2D eigenvalue weighted by molar-refractivity contribution is -0.157. The van der Waals surface area contributed by atoms with Crippen molar-refractivity contribution in [1.29, 1.82) is 0 Å². The average Bonchev–Trinajstić information content (AvgIpc) is 2.52. The van der Waals surface area contributed by atoms with E-state index in [-0.39, 0.29) is 11.9 Å². The van der Waals surface area contributed by atoms with Crippen molar-refractivity contribution in [2.45, 2.75) is 46.5 Å². The second kappa shape index (κ2) is 7.62. The zero-order chi connectivity index (χ0) is 16.1. The van der Waals surface area contributed by atoms with Crippen molar-refractivity contribution in [2.24, 2.45) is 17.8 Å². The minimum absolute atomic E-state index is 0.0756. The molecule has 0 N–H and O–H groups in total. The summed E-state index contributed by atoms with van der Waals surface area (Å²) in [5.41, 5.74) is 3.90. The number of esters is 1. The van der Waals surface area contributed by atoms with Gasteiger partial charge in [-0.2, -0.15) is 0 Å². The van der Waals surface area contributed by atoms with Gasteiger partial charge in [-0.1, -0.05) is 47.6 Å². The van der Waals surface area contributed by atoms with Crippen LogP contribution in [0.2, 0.25) is 0 Å². The molecule has 0 unspecified atom stereocenters. The fourth-order valence-corrected chi connectivity index (χ4v) is 3.39. The molecule has 1 aliphatic heterocycles. The van der Waals surface area contributed by atoms with Gasteiger partial charge in [-0.25, -0.2) is 0 Å². The van der Waals surface area contributed by atoms with Crippen LogP contribution in [0.25, 0.3) is 0 Å². The SMILES string of the molecule is C=C1CC/C=C(\C)CC[C@@H]2[C@@H](/C=C/C=C(C)C)C(=O)OC[C@@H]12. The van der Waals surface area contributed by atoms with Gasteiger partial charge in [-0.05, 0) is 52.4 Å². The Labute approximate surface area is 134 Å². The number of rotatable bonds is 2. The summed E-state index contributed by atoms with van der Waals surface area (Å²) >= 11 is 0. The van der Waals surface area contributed by atoms with E-state index in [1.54, 1.807) is 0 Å². The van der Waals surface area contributed by atoms with E-state index in [1.807, 2.05) is 18.2 Å². The van der Waals surface area contributed by atoms with E-state index in [4.69, 9.17) is 4.74 Å². The summed E-state index contributed by atoms with van der Waals surface area (Å²) in [6.45, 7) is 11.1. The summed E-state index contributed by atoms with van der Waals surface area (Å²) in [5.74, 6) is 0.403. The first-order chi connectivity index (χ1) is 10.5. The molecule has 0 spiro atoms. The molecule has 0 aromatic rings. The first-order valence-electron chi connectivity index (χ1n) is 8.30. The number of hydrogen-bond donors (Lipinski definition) is 0. The molecule has 2 heteroatoms. The number of fused-ring (bicyclic) bond motifs is 1. The highest BCUT2D eigenvalue weighted by molar-refractivity contribution is 5.76. The predicted octanol–water partition coefficient (Wildman–Crippen LogP) is 4.99. The molecular formula is C20H28O2. The minimum Gasteiger partial charge on any atom is -0.465 e. The highest BCUT2D eigenvalue weighted by Gasteiger charge is 2.39. The van der Waals surface area contributed by atoms with Crippen molar-refractivity contribution in [3.63, 3.8) is 0 Å². The van der Waals surface area contributed by atoms with Crippen molar-refractivity contribution in [3.8, 4) is 0 Å².